The van der Waals surface area contributed by atoms with Crippen LogP contribution in [-0.4, -0.2) is 35.0 Å². The van der Waals surface area contributed by atoms with Crippen molar-refractivity contribution >= 4 is 5.69 Å². The summed E-state index contributed by atoms with van der Waals surface area (Å²) in [5.41, 5.74) is 2.04. The molecule has 0 saturated carbocycles. The van der Waals surface area contributed by atoms with Crippen molar-refractivity contribution in [2.24, 2.45) is 0 Å². The van der Waals surface area contributed by atoms with Crippen molar-refractivity contribution < 1.29 is 14.6 Å². The average Bonchev–Trinajstić information content (AvgIpc) is 2.98. The number of anilines is 1. The van der Waals surface area contributed by atoms with Gasteiger partial charge in [-0.25, -0.2) is 4.98 Å². The zero-order valence-electron chi connectivity index (χ0n) is 12.4. The third kappa shape index (κ3) is 3.88. The maximum atomic E-state index is 8.86. The summed E-state index contributed by atoms with van der Waals surface area (Å²) in [5.74, 6) is 1.26. The number of aryl methyl sites for hydroxylation is 1. The third-order valence-corrected chi connectivity index (χ3v) is 3.13. The van der Waals surface area contributed by atoms with Crippen molar-refractivity contribution in [1.29, 1.82) is 0 Å². The zero-order chi connectivity index (χ0) is 15.1. The standard InChI is InChI=1S/C15H21N3O3/c1-3-18-11-16-9-13(18)10-17-12-4-5-14(20-2)15(8-12)21-7-6-19/h4-5,8-9,11,17,19H,3,6-7,10H2,1-2H3. The Morgan fingerprint density at radius 1 is 1.33 bits per heavy atom. The fourth-order valence-electron chi connectivity index (χ4n) is 2.03. The van der Waals surface area contributed by atoms with E-state index in [9.17, 15) is 0 Å². The summed E-state index contributed by atoms with van der Waals surface area (Å²) in [6.07, 6.45) is 3.67. The van der Waals surface area contributed by atoms with Crippen LogP contribution in [-0.2, 0) is 13.1 Å². The zero-order valence-corrected chi connectivity index (χ0v) is 12.4. The number of nitrogens with zero attached hydrogens (tertiary/aromatic N) is 2. The van der Waals surface area contributed by atoms with Crippen molar-refractivity contribution in [3.05, 3.63) is 36.4 Å². The first kappa shape index (κ1) is 15.2. The maximum Gasteiger partial charge on any atom is 0.163 e. The molecule has 0 aliphatic heterocycles. The Morgan fingerprint density at radius 3 is 2.90 bits per heavy atom. The normalized spacial score (nSPS) is 10.4. The van der Waals surface area contributed by atoms with Crippen LogP contribution in [0, 0.1) is 0 Å². The van der Waals surface area contributed by atoms with Crippen LogP contribution in [0.15, 0.2) is 30.7 Å². The molecule has 0 aliphatic carbocycles. The largest absolute Gasteiger partial charge is 0.493 e. The number of benzene rings is 1. The minimum atomic E-state index is -0.0313. The maximum absolute atomic E-state index is 8.86. The number of nitrogens with one attached hydrogen (secondary N) is 1. The highest BCUT2D eigenvalue weighted by atomic mass is 16.5. The third-order valence-electron chi connectivity index (χ3n) is 3.13. The number of aliphatic hydroxyl groups is 1. The second-order valence-corrected chi connectivity index (χ2v) is 4.46. The van der Waals surface area contributed by atoms with Gasteiger partial charge in [0.1, 0.15) is 6.61 Å². The summed E-state index contributed by atoms with van der Waals surface area (Å²) in [7, 11) is 1.59. The van der Waals surface area contributed by atoms with Gasteiger partial charge in [0.2, 0.25) is 0 Å². The van der Waals surface area contributed by atoms with Crippen molar-refractivity contribution in [2.75, 3.05) is 25.6 Å². The van der Waals surface area contributed by atoms with Crippen LogP contribution < -0.4 is 14.8 Å². The molecule has 6 nitrogen and oxygen atoms in total. The topological polar surface area (TPSA) is 68.5 Å². The number of hydrogen-bond acceptors (Lipinski definition) is 5. The Morgan fingerprint density at radius 2 is 2.19 bits per heavy atom. The van der Waals surface area contributed by atoms with Gasteiger partial charge in [0.25, 0.3) is 0 Å². The van der Waals surface area contributed by atoms with Gasteiger partial charge in [0.05, 0.1) is 32.3 Å². The van der Waals surface area contributed by atoms with Gasteiger partial charge in [-0.1, -0.05) is 0 Å². The molecule has 0 spiro atoms. The summed E-state index contributed by atoms with van der Waals surface area (Å²) in [4.78, 5) is 4.14. The van der Waals surface area contributed by atoms with Gasteiger partial charge in [0, 0.05) is 24.5 Å². The molecule has 1 aromatic carbocycles. The lowest BCUT2D eigenvalue weighted by molar-refractivity contribution is 0.196. The van der Waals surface area contributed by atoms with Crippen molar-refractivity contribution in [1.82, 2.24) is 9.55 Å². The van der Waals surface area contributed by atoms with Crippen LogP contribution in [0.5, 0.6) is 11.5 Å². The van der Waals surface area contributed by atoms with Crippen LogP contribution in [0.3, 0.4) is 0 Å². The molecule has 6 heteroatoms. The molecule has 2 rings (SSSR count). The number of methoxy groups -OCH3 is 1. The predicted molar refractivity (Wildman–Crippen MR) is 80.8 cm³/mol. The van der Waals surface area contributed by atoms with E-state index >= 15 is 0 Å². The lowest BCUT2D eigenvalue weighted by Crippen LogP contribution is -2.07. The second-order valence-electron chi connectivity index (χ2n) is 4.46. The molecule has 1 aromatic heterocycles. The van der Waals surface area contributed by atoms with Gasteiger partial charge in [0.15, 0.2) is 11.5 Å². The predicted octanol–water partition coefficient (Wildman–Crippen LogP) is 1.89. The van der Waals surface area contributed by atoms with E-state index in [2.05, 4.69) is 21.8 Å². The minimum Gasteiger partial charge on any atom is -0.493 e. The van der Waals surface area contributed by atoms with Crippen LogP contribution >= 0.6 is 0 Å². The van der Waals surface area contributed by atoms with E-state index in [4.69, 9.17) is 14.6 Å². The molecule has 2 N–H and O–H groups in total. The van der Waals surface area contributed by atoms with E-state index < -0.39 is 0 Å². The Balaban J connectivity index is 2.06. The summed E-state index contributed by atoms with van der Waals surface area (Å²) in [6.45, 7) is 3.86. The highest BCUT2D eigenvalue weighted by Crippen LogP contribution is 2.30. The molecule has 0 aliphatic rings. The number of hydrogen-bond donors (Lipinski definition) is 2. The highest BCUT2D eigenvalue weighted by Gasteiger charge is 2.06. The van der Waals surface area contributed by atoms with Gasteiger partial charge >= 0.3 is 0 Å². The molecule has 0 atom stereocenters. The Hall–Kier alpha value is -2.21. The van der Waals surface area contributed by atoms with Crippen LogP contribution in [0.4, 0.5) is 5.69 Å². The Labute approximate surface area is 124 Å². The quantitative estimate of drug-likeness (QED) is 0.777. The summed E-state index contributed by atoms with van der Waals surface area (Å²) < 4.78 is 12.8. The smallest absolute Gasteiger partial charge is 0.163 e. The number of ether oxygens (including phenoxy) is 2. The number of rotatable bonds is 8. The minimum absolute atomic E-state index is 0.0313. The second kappa shape index (κ2) is 7.54. The van der Waals surface area contributed by atoms with Gasteiger partial charge in [-0.15, -0.1) is 0 Å². The van der Waals surface area contributed by atoms with Crippen LogP contribution in [0.1, 0.15) is 12.6 Å². The lowest BCUT2D eigenvalue weighted by atomic mass is 10.2. The van der Waals surface area contributed by atoms with E-state index in [0.29, 0.717) is 18.0 Å². The fraction of sp³-hybridized carbons (Fsp3) is 0.400. The van der Waals surface area contributed by atoms with Crippen LogP contribution in [0.2, 0.25) is 0 Å². The number of aromatic nitrogens is 2. The molecule has 21 heavy (non-hydrogen) atoms. The Bertz CT molecular complexity index is 569. The molecule has 1 heterocycles. The molecule has 0 fully saturated rings. The number of aliphatic hydroxyl groups excluding tert-OH is 1. The summed E-state index contributed by atoms with van der Waals surface area (Å²) in [5, 5.41) is 12.2. The van der Waals surface area contributed by atoms with E-state index in [1.165, 1.54) is 0 Å². The van der Waals surface area contributed by atoms with E-state index in [0.717, 1.165) is 17.9 Å². The molecule has 0 saturated heterocycles. The van der Waals surface area contributed by atoms with E-state index in [-0.39, 0.29) is 13.2 Å². The first-order valence-electron chi connectivity index (χ1n) is 6.93. The molecule has 0 bridgehead atoms. The SMILES string of the molecule is CCn1cncc1CNc1ccc(OC)c(OCCO)c1. The number of imidazole rings is 1. The molecule has 114 valence electrons. The molecule has 2 aromatic rings. The monoisotopic (exact) mass is 291 g/mol. The molecule has 0 radical (unpaired) electrons. The fourth-order valence-corrected chi connectivity index (χ4v) is 2.03. The van der Waals surface area contributed by atoms with Gasteiger partial charge in [-0.3, -0.25) is 0 Å². The van der Waals surface area contributed by atoms with E-state index in [1.54, 1.807) is 7.11 Å². The van der Waals surface area contributed by atoms with Crippen molar-refractivity contribution in [3.63, 3.8) is 0 Å². The van der Waals surface area contributed by atoms with Gasteiger partial charge in [-0.05, 0) is 19.1 Å². The van der Waals surface area contributed by atoms with Crippen molar-refractivity contribution in [2.45, 2.75) is 20.0 Å². The first-order chi connectivity index (χ1) is 10.3. The highest BCUT2D eigenvalue weighted by molar-refractivity contribution is 5.54. The summed E-state index contributed by atoms with van der Waals surface area (Å²) >= 11 is 0. The molecular formula is C15H21N3O3. The molecule has 0 unspecified atom stereocenters. The molecular weight excluding hydrogens is 270 g/mol. The van der Waals surface area contributed by atoms with Crippen molar-refractivity contribution in [3.8, 4) is 11.5 Å². The Kier molecular flexibility index (Phi) is 5.45. The average molecular weight is 291 g/mol. The van der Waals surface area contributed by atoms with Gasteiger partial charge in [-0.2, -0.15) is 0 Å². The summed E-state index contributed by atoms with van der Waals surface area (Å²) in [6, 6.07) is 5.63. The van der Waals surface area contributed by atoms with Crippen LogP contribution in [0.25, 0.3) is 0 Å². The molecule has 0 amide bonds. The first-order valence-corrected chi connectivity index (χ1v) is 6.93. The van der Waals surface area contributed by atoms with E-state index in [1.807, 2.05) is 30.7 Å². The van der Waals surface area contributed by atoms with Gasteiger partial charge < -0.3 is 24.5 Å². The lowest BCUT2D eigenvalue weighted by Gasteiger charge is -2.13.